The van der Waals surface area contributed by atoms with Gasteiger partial charge in [-0.05, 0) is 12.8 Å². The van der Waals surface area contributed by atoms with Crippen LogP contribution in [-0.4, -0.2) is 11.1 Å². The van der Waals surface area contributed by atoms with Gasteiger partial charge in [0.2, 0.25) is 0 Å². The summed E-state index contributed by atoms with van der Waals surface area (Å²) < 4.78 is 0. The molecule has 0 aliphatic heterocycles. The van der Waals surface area contributed by atoms with E-state index in [0.717, 1.165) is 19.3 Å². The van der Waals surface area contributed by atoms with E-state index >= 15 is 0 Å². The molecule has 0 saturated heterocycles. The summed E-state index contributed by atoms with van der Waals surface area (Å²) in [5.74, 6) is -0.764. The Hall–Kier alpha value is -0.790. The van der Waals surface area contributed by atoms with Crippen LogP contribution in [0.5, 0.6) is 0 Å². The van der Waals surface area contributed by atoms with Crippen LogP contribution in [0.25, 0.3) is 0 Å². The van der Waals surface area contributed by atoms with Crippen LogP contribution in [0.1, 0.15) is 39.5 Å². The summed E-state index contributed by atoms with van der Waals surface area (Å²) in [5.41, 5.74) is 0.564. The van der Waals surface area contributed by atoms with E-state index in [1.807, 2.05) is 19.9 Å². The molecule has 2 heteroatoms. The van der Waals surface area contributed by atoms with Gasteiger partial charge in [-0.1, -0.05) is 32.8 Å². The van der Waals surface area contributed by atoms with Gasteiger partial charge in [0, 0.05) is 5.57 Å². The van der Waals surface area contributed by atoms with Crippen molar-refractivity contribution in [3.8, 4) is 0 Å². The van der Waals surface area contributed by atoms with Crippen LogP contribution in [0.4, 0.5) is 0 Å². The van der Waals surface area contributed by atoms with Gasteiger partial charge in [-0.15, -0.1) is 0 Å². The van der Waals surface area contributed by atoms with Gasteiger partial charge in [0.1, 0.15) is 0 Å². The maximum absolute atomic E-state index is 10.5. The summed E-state index contributed by atoms with van der Waals surface area (Å²) in [6, 6.07) is 0. The number of carboxylic acid groups (broad SMARTS) is 1. The highest BCUT2D eigenvalue weighted by atomic mass is 16.4. The van der Waals surface area contributed by atoms with Crippen molar-refractivity contribution in [3.05, 3.63) is 11.6 Å². The number of aliphatic carboxylic acids is 1. The molecule has 0 bridgehead atoms. The highest BCUT2D eigenvalue weighted by Gasteiger charge is 2.03. The Bertz CT molecular complexity index is 148. The molecule has 0 aromatic carbocycles. The monoisotopic (exact) mass is 156 g/mol. The number of allylic oxidation sites excluding steroid dienone is 1. The molecule has 64 valence electrons. The summed E-state index contributed by atoms with van der Waals surface area (Å²) >= 11 is 0. The molecule has 0 aliphatic rings. The maximum atomic E-state index is 10.5. The van der Waals surface area contributed by atoms with Crippen molar-refractivity contribution < 1.29 is 9.90 Å². The number of hydrogen-bond donors (Lipinski definition) is 1. The molecule has 0 spiro atoms. The number of carboxylic acids is 1. The molecule has 0 heterocycles. The zero-order valence-electron chi connectivity index (χ0n) is 7.26. The molecule has 0 aromatic rings. The maximum Gasteiger partial charge on any atom is 0.331 e. The number of hydrogen-bond acceptors (Lipinski definition) is 1. The smallest absolute Gasteiger partial charge is 0.331 e. The van der Waals surface area contributed by atoms with E-state index < -0.39 is 5.97 Å². The van der Waals surface area contributed by atoms with Crippen molar-refractivity contribution in [3.63, 3.8) is 0 Å². The first-order chi connectivity index (χ1) is 5.22. The Morgan fingerprint density at radius 2 is 2.00 bits per heavy atom. The van der Waals surface area contributed by atoms with Crippen LogP contribution in [0.15, 0.2) is 11.6 Å². The molecule has 0 radical (unpaired) electrons. The number of carbonyl (C=O) groups is 1. The largest absolute Gasteiger partial charge is 0.478 e. The molecule has 0 aliphatic carbocycles. The lowest BCUT2D eigenvalue weighted by Crippen LogP contribution is -1.99. The van der Waals surface area contributed by atoms with E-state index in [1.54, 1.807) is 0 Å². The zero-order valence-corrected chi connectivity index (χ0v) is 7.26. The first-order valence-corrected chi connectivity index (χ1v) is 4.14. The summed E-state index contributed by atoms with van der Waals surface area (Å²) in [4.78, 5) is 10.5. The third kappa shape index (κ3) is 4.59. The van der Waals surface area contributed by atoms with Crippen molar-refractivity contribution in [2.45, 2.75) is 39.5 Å². The quantitative estimate of drug-likeness (QED) is 0.621. The first kappa shape index (κ1) is 10.2. The summed E-state index contributed by atoms with van der Waals surface area (Å²) in [5, 5.41) is 8.66. The Balaban J connectivity index is 3.97. The minimum Gasteiger partial charge on any atom is -0.478 e. The molecule has 1 N–H and O–H groups in total. The van der Waals surface area contributed by atoms with Crippen LogP contribution in [0.2, 0.25) is 0 Å². The molecule has 11 heavy (non-hydrogen) atoms. The Kier molecular flexibility index (Phi) is 5.53. The minimum absolute atomic E-state index is 0.564. The lowest BCUT2D eigenvalue weighted by atomic mass is 10.1. The molecule has 0 atom stereocenters. The fourth-order valence-corrected chi connectivity index (χ4v) is 0.884. The van der Waals surface area contributed by atoms with Gasteiger partial charge in [-0.25, -0.2) is 4.79 Å². The van der Waals surface area contributed by atoms with E-state index in [2.05, 4.69) is 0 Å². The second kappa shape index (κ2) is 5.96. The van der Waals surface area contributed by atoms with E-state index in [1.165, 1.54) is 0 Å². The van der Waals surface area contributed by atoms with Crippen LogP contribution in [0.3, 0.4) is 0 Å². The normalized spacial score (nSPS) is 11.6. The predicted molar refractivity (Wildman–Crippen MR) is 45.5 cm³/mol. The number of rotatable bonds is 5. The van der Waals surface area contributed by atoms with E-state index in [0.29, 0.717) is 12.0 Å². The van der Waals surface area contributed by atoms with Crippen molar-refractivity contribution in [2.24, 2.45) is 0 Å². The molecule has 0 rings (SSSR count). The Morgan fingerprint density at radius 1 is 1.36 bits per heavy atom. The van der Waals surface area contributed by atoms with Crippen molar-refractivity contribution in [1.82, 2.24) is 0 Å². The second-order valence-electron chi connectivity index (χ2n) is 2.57. The molecule has 2 nitrogen and oxygen atoms in total. The van der Waals surface area contributed by atoms with Gasteiger partial charge >= 0.3 is 5.97 Å². The fraction of sp³-hybridized carbons (Fsp3) is 0.667. The highest BCUT2D eigenvalue weighted by molar-refractivity contribution is 5.86. The van der Waals surface area contributed by atoms with Crippen molar-refractivity contribution in [2.75, 3.05) is 0 Å². The highest BCUT2D eigenvalue weighted by Crippen LogP contribution is 2.06. The minimum atomic E-state index is -0.764. The topological polar surface area (TPSA) is 37.3 Å². The van der Waals surface area contributed by atoms with Crippen LogP contribution >= 0.6 is 0 Å². The molecule has 0 amide bonds. The Morgan fingerprint density at radius 3 is 2.36 bits per heavy atom. The van der Waals surface area contributed by atoms with Crippen molar-refractivity contribution >= 4 is 5.97 Å². The third-order valence-corrected chi connectivity index (χ3v) is 1.47. The third-order valence-electron chi connectivity index (χ3n) is 1.47. The average molecular weight is 156 g/mol. The van der Waals surface area contributed by atoms with E-state index in [4.69, 9.17) is 5.11 Å². The van der Waals surface area contributed by atoms with Crippen LogP contribution in [-0.2, 0) is 4.79 Å². The second-order valence-corrected chi connectivity index (χ2v) is 2.57. The summed E-state index contributed by atoms with van der Waals surface area (Å²) in [6.45, 7) is 4.03. The average Bonchev–Trinajstić information content (AvgIpc) is 1.97. The van der Waals surface area contributed by atoms with Gasteiger partial charge in [0.15, 0.2) is 0 Å². The Labute approximate surface area is 67.9 Å². The first-order valence-electron chi connectivity index (χ1n) is 4.14. The van der Waals surface area contributed by atoms with E-state index in [-0.39, 0.29) is 0 Å². The lowest BCUT2D eigenvalue weighted by Gasteiger charge is -1.97. The van der Waals surface area contributed by atoms with Gasteiger partial charge < -0.3 is 5.11 Å². The fourth-order valence-electron chi connectivity index (χ4n) is 0.884. The molecular weight excluding hydrogens is 140 g/mol. The lowest BCUT2D eigenvalue weighted by molar-refractivity contribution is -0.132. The molecule has 0 aromatic heterocycles. The summed E-state index contributed by atoms with van der Waals surface area (Å²) in [6.07, 6.45) is 5.31. The van der Waals surface area contributed by atoms with Crippen LogP contribution < -0.4 is 0 Å². The van der Waals surface area contributed by atoms with E-state index in [9.17, 15) is 4.79 Å². The van der Waals surface area contributed by atoms with Crippen LogP contribution in [0, 0.1) is 0 Å². The SMILES string of the molecule is CCC/C=C(\CCC)C(=O)O. The van der Waals surface area contributed by atoms with Crippen molar-refractivity contribution in [1.29, 1.82) is 0 Å². The molecule has 0 unspecified atom stereocenters. The molecule has 0 fully saturated rings. The van der Waals surface area contributed by atoms with Gasteiger partial charge in [-0.3, -0.25) is 0 Å². The zero-order chi connectivity index (χ0) is 8.69. The standard InChI is InChI=1S/C9H16O2/c1-3-5-7-8(6-4-2)9(10)11/h7H,3-6H2,1-2H3,(H,10,11)/b8-7+. The molecule has 0 saturated carbocycles. The number of unbranched alkanes of at least 4 members (excludes halogenated alkanes) is 1. The molecular formula is C9H16O2. The van der Waals surface area contributed by atoms with Gasteiger partial charge in [-0.2, -0.15) is 0 Å². The predicted octanol–water partition coefficient (Wildman–Crippen LogP) is 2.60. The van der Waals surface area contributed by atoms with Gasteiger partial charge in [0.05, 0.1) is 0 Å². The van der Waals surface area contributed by atoms with Gasteiger partial charge in [0.25, 0.3) is 0 Å². The summed E-state index contributed by atoms with van der Waals surface area (Å²) in [7, 11) is 0.